The Morgan fingerprint density at radius 3 is 2.72 bits per heavy atom. The Labute approximate surface area is 110 Å². The number of nitrogens with one attached hydrogen (secondary N) is 1. The molecule has 0 unspecified atom stereocenters. The number of benzene rings is 1. The number of aromatic nitrogens is 1. The van der Waals surface area contributed by atoms with Gasteiger partial charge in [-0.05, 0) is 31.0 Å². The molecule has 0 aliphatic rings. The Kier molecular flexibility index (Phi) is 3.94. The summed E-state index contributed by atoms with van der Waals surface area (Å²) in [5.41, 5.74) is 8.00. The number of rotatable bonds is 4. The van der Waals surface area contributed by atoms with E-state index in [2.05, 4.69) is 10.3 Å². The van der Waals surface area contributed by atoms with Crippen molar-refractivity contribution in [2.45, 2.75) is 13.3 Å². The summed E-state index contributed by atoms with van der Waals surface area (Å²) in [6, 6.07) is 7.66. The number of hydrogen-bond donors (Lipinski definition) is 2. The monoisotopic (exact) mass is 261 g/mol. The fourth-order valence-corrected chi connectivity index (χ4v) is 2.16. The van der Waals surface area contributed by atoms with E-state index in [4.69, 9.17) is 5.73 Å². The molecule has 3 N–H and O–H groups in total. The lowest BCUT2D eigenvalue weighted by Gasteiger charge is -2.04. The minimum Gasteiger partial charge on any atom is -0.399 e. The highest BCUT2D eigenvalue weighted by molar-refractivity contribution is 7.09. The van der Waals surface area contributed by atoms with Gasteiger partial charge in [0.1, 0.15) is 5.69 Å². The molecule has 94 valence electrons. The van der Waals surface area contributed by atoms with E-state index in [1.165, 1.54) is 11.3 Å². The summed E-state index contributed by atoms with van der Waals surface area (Å²) in [4.78, 5) is 15.9. The van der Waals surface area contributed by atoms with Gasteiger partial charge in [0.15, 0.2) is 0 Å². The summed E-state index contributed by atoms with van der Waals surface area (Å²) in [6.45, 7) is 2.48. The summed E-state index contributed by atoms with van der Waals surface area (Å²) in [5, 5.41) is 5.52. The van der Waals surface area contributed by atoms with Crippen LogP contribution in [0.4, 0.5) is 5.69 Å². The van der Waals surface area contributed by atoms with Gasteiger partial charge >= 0.3 is 0 Å². The maximum absolute atomic E-state index is 11.7. The molecule has 5 heteroatoms. The number of thiazole rings is 1. The molecular weight excluding hydrogens is 246 g/mol. The number of carbonyl (C=O) groups is 1. The highest BCUT2D eigenvalue weighted by Gasteiger charge is 2.07. The molecule has 0 aliphatic heterocycles. The van der Waals surface area contributed by atoms with Crippen molar-refractivity contribution in [2.24, 2.45) is 0 Å². The molecule has 0 aliphatic carbocycles. The molecule has 0 fully saturated rings. The lowest BCUT2D eigenvalue weighted by molar-refractivity contribution is 0.0949. The van der Waals surface area contributed by atoms with Gasteiger partial charge in [-0.3, -0.25) is 4.79 Å². The summed E-state index contributed by atoms with van der Waals surface area (Å²) < 4.78 is 0. The minimum atomic E-state index is -0.116. The number of amides is 1. The van der Waals surface area contributed by atoms with E-state index < -0.39 is 0 Å². The lowest BCUT2D eigenvalue weighted by atomic mass is 10.1. The first-order chi connectivity index (χ1) is 8.65. The van der Waals surface area contributed by atoms with Gasteiger partial charge < -0.3 is 11.1 Å². The number of nitrogens with zero attached hydrogens (tertiary/aromatic N) is 1. The van der Waals surface area contributed by atoms with Crippen molar-refractivity contribution in [3.8, 4) is 0 Å². The Bertz CT molecular complexity index is 533. The predicted octanol–water partition coefficient (Wildman–Crippen LogP) is 2.01. The van der Waals surface area contributed by atoms with E-state index in [-0.39, 0.29) is 5.91 Å². The van der Waals surface area contributed by atoms with E-state index in [9.17, 15) is 4.79 Å². The quantitative estimate of drug-likeness (QED) is 0.827. The van der Waals surface area contributed by atoms with Crippen molar-refractivity contribution in [3.05, 3.63) is 45.9 Å². The third-order valence-electron chi connectivity index (χ3n) is 2.53. The summed E-state index contributed by atoms with van der Waals surface area (Å²) in [7, 11) is 0. The van der Waals surface area contributed by atoms with Crippen LogP contribution in [0, 0.1) is 6.92 Å². The van der Waals surface area contributed by atoms with Crippen LogP contribution in [-0.4, -0.2) is 17.4 Å². The van der Waals surface area contributed by atoms with Crippen LogP contribution in [0.5, 0.6) is 0 Å². The third-order valence-corrected chi connectivity index (χ3v) is 3.30. The molecule has 0 spiro atoms. The van der Waals surface area contributed by atoms with Crippen molar-refractivity contribution in [1.82, 2.24) is 10.3 Å². The summed E-state index contributed by atoms with van der Waals surface area (Å²) in [5.74, 6) is -0.116. The van der Waals surface area contributed by atoms with Gasteiger partial charge in [-0.2, -0.15) is 0 Å². The van der Waals surface area contributed by atoms with Crippen molar-refractivity contribution in [1.29, 1.82) is 0 Å². The van der Waals surface area contributed by atoms with Crippen LogP contribution in [-0.2, 0) is 6.42 Å². The molecule has 1 amide bonds. The van der Waals surface area contributed by atoms with Gasteiger partial charge in [0, 0.05) is 17.6 Å². The molecule has 0 radical (unpaired) electrons. The Hall–Kier alpha value is -1.88. The molecule has 1 aromatic heterocycles. The fourth-order valence-electron chi connectivity index (χ4n) is 1.56. The first-order valence-corrected chi connectivity index (χ1v) is 6.58. The minimum absolute atomic E-state index is 0.116. The molecule has 4 nitrogen and oxygen atoms in total. The molecule has 18 heavy (non-hydrogen) atoms. The van der Waals surface area contributed by atoms with Crippen LogP contribution in [0.15, 0.2) is 29.6 Å². The largest absolute Gasteiger partial charge is 0.399 e. The van der Waals surface area contributed by atoms with E-state index in [1.807, 2.05) is 31.2 Å². The van der Waals surface area contributed by atoms with Crippen LogP contribution in [0.1, 0.15) is 21.1 Å². The van der Waals surface area contributed by atoms with E-state index >= 15 is 0 Å². The predicted molar refractivity (Wildman–Crippen MR) is 73.7 cm³/mol. The highest BCUT2D eigenvalue weighted by atomic mass is 32.1. The topological polar surface area (TPSA) is 68.0 Å². The number of anilines is 1. The van der Waals surface area contributed by atoms with Gasteiger partial charge in [-0.25, -0.2) is 4.98 Å². The smallest absolute Gasteiger partial charge is 0.270 e. The van der Waals surface area contributed by atoms with E-state index in [0.29, 0.717) is 12.2 Å². The zero-order valence-corrected chi connectivity index (χ0v) is 11.0. The van der Waals surface area contributed by atoms with Crippen LogP contribution in [0.25, 0.3) is 0 Å². The molecule has 0 saturated carbocycles. The Balaban J connectivity index is 1.82. The van der Waals surface area contributed by atoms with Crippen LogP contribution < -0.4 is 11.1 Å². The molecule has 0 bridgehead atoms. The van der Waals surface area contributed by atoms with Gasteiger partial charge in [-0.1, -0.05) is 12.1 Å². The van der Waals surface area contributed by atoms with Crippen molar-refractivity contribution in [2.75, 3.05) is 12.3 Å². The lowest BCUT2D eigenvalue weighted by Crippen LogP contribution is -2.25. The van der Waals surface area contributed by atoms with Gasteiger partial charge in [-0.15, -0.1) is 11.3 Å². The molecule has 2 rings (SSSR count). The van der Waals surface area contributed by atoms with Crippen molar-refractivity contribution >= 4 is 22.9 Å². The van der Waals surface area contributed by atoms with E-state index in [0.717, 1.165) is 22.7 Å². The van der Waals surface area contributed by atoms with Crippen molar-refractivity contribution in [3.63, 3.8) is 0 Å². The number of aryl methyl sites for hydroxylation is 1. The second-order valence-corrected chi connectivity index (χ2v) is 5.06. The normalized spacial score (nSPS) is 10.3. The van der Waals surface area contributed by atoms with E-state index in [1.54, 1.807) is 5.38 Å². The molecule has 1 heterocycles. The van der Waals surface area contributed by atoms with Crippen LogP contribution in [0.2, 0.25) is 0 Å². The second kappa shape index (κ2) is 5.64. The zero-order chi connectivity index (χ0) is 13.0. The first-order valence-electron chi connectivity index (χ1n) is 5.70. The first kappa shape index (κ1) is 12.6. The number of hydrogen-bond acceptors (Lipinski definition) is 4. The Morgan fingerprint density at radius 1 is 1.39 bits per heavy atom. The number of nitrogens with two attached hydrogens (primary N) is 1. The Morgan fingerprint density at radius 2 is 2.11 bits per heavy atom. The SMILES string of the molecule is Cc1nc(C(=O)NCCc2ccc(N)cc2)cs1. The molecular formula is C13H15N3OS. The molecule has 0 atom stereocenters. The maximum atomic E-state index is 11.7. The average molecular weight is 261 g/mol. The average Bonchev–Trinajstić information content (AvgIpc) is 2.78. The summed E-state index contributed by atoms with van der Waals surface area (Å²) >= 11 is 1.48. The maximum Gasteiger partial charge on any atom is 0.270 e. The van der Waals surface area contributed by atoms with Crippen LogP contribution in [0.3, 0.4) is 0 Å². The number of nitrogen functional groups attached to an aromatic ring is 1. The fraction of sp³-hybridized carbons (Fsp3) is 0.231. The molecule has 0 saturated heterocycles. The van der Waals surface area contributed by atoms with Gasteiger partial charge in [0.05, 0.1) is 5.01 Å². The van der Waals surface area contributed by atoms with Gasteiger partial charge in [0.25, 0.3) is 5.91 Å². The molecule has 2 aromatic rings. The second-order valence-electron chi connectivity index (χ2n) is 4.00. The molecule has 1 aromatic carbocycles. The third kappa shape index (κ3) is 3.30. The number of carbonyl (C=O) groups excluding carboxylic acids is 1. The van der Waals surface area contributed by atoms with Crippen LogP contribution >= 0.6 is 11.3 Å². The zero-order valence-electron chi connectivity index (χ0n) is 10.1. The van der Waals surface area contributed by atoms with Gasteiger partial charge in [0.2, 0.25) is 0 Å². The standard InChI is InChI=1S/C13H15N3OS/c1-9-16-12(8-18-9)13(17)15-7-6-10-2-4-11(14)5-3-10/h2-5,8H,6-7,14H2,1H3,(H,15,17). The van der Waals surface area contributed by atoms with Crippen molar-refractivity contribution < 1.29 is 4.79 Å². The highest BCUT2D eigenvalue weighted by Crippen LogP contribution is 2.08. The summed E-state index contributed by atoms with van der Waals surface area (Å²) in [6.07, 6.45) is 0.787.